The first-order chi connectivity index (χ1) is 9.75. The third-order valence-electron chi connectivity index (χ3n) is 3.74. The zero-order valence-electron chi connectivity index (χ0n) is 11.5. The second kappa shape index (κ2) is 6.70. The van der Waals surface area contributed by atoms with Gasteiger partial charge in [-0.05, 0) is 35.7 Å². The minimum absolute atomic E-state index is 0. The maximum atomic E-state index is 11.7. The molecule has 1 amide bonds. The summed E-state index contributed by atoms with van der Waals surface area (Å²) in [6.07, 6.45) is 2.56. The van der Waals surface area contributed by atoms with Crippen molar-refractivity contribution in [3.8, 4) is 0 Å². The molecule has 2 unspecified atom stereocenters. The molecule has 0 fully saturated rings. The fraction of sp³-hybridized carbons (Fsp3) is 0.250. The quantitative estimate of drug-likeness (QED) is 0.901. The molecule has 1 aromatic carbocycles. The number of aromatic nitrogens is 1. The molecule has 3 N–H and O–H groups in total. The molecule has 0 aliphatic heterocycles. The fourth-order valence-electron chi connectivity index (χ4n) is 2.81. The monoisotopic (exact) mass is 302 g/mol. The van der Waals surface area contributed by atoms with Crippen molar-refractivity contribution in [1.29, 1.82) is 0 Å². The summed E-state index contributed by atoms with van der Waals surface area (Å²) in [7, 11) is 0. The van der Waals surface area contributed by atoms with Gasteiger partial charge in [0.05, 0.1) is 11.6 Å². The summed E-state index contributed by atoms with van der Waals surface area (Å²) >= 11 is 0. The molecule has 4 nitrogen and oxygen atoms in total. The predicted octanol–water partition coefficient (Wildman–Crippen LogP) is 1.59. The second-order valence-electron chi connectivity index (χ2n) is 5.02. The Morgan fingerprint density at radius 1 is 1.43 bits per heavy atom. The highest BCUT2D eigenvalue weighted by Gasteiger charge is 2.35. The third-order valence-corrected chi connectivity index (χ3v) is 3.74. The number of benzene rings is 1. The molecule has 0 spiro atoms. The number of hydrogen-bond donors (Lipinski definition) is 2. The highest BCUT2D eigenvalue weighted by Crippen LogP contribution is 2.33. The number of hydrogen-bond acceptors (Lipinski definition) is 3. The molecule has 1 aliphatic rings. The molecule has 109 valence electrons. The highest BCUT2D eigenvalue weighted by molar-refractivity contribution is 5.85. The second-order valence-corrected chi connectivity index (χ2v) is 5.02. The number of nitrogens with one attached hydrogen (secondary N) is 1. The summed E-state index contributed by atoms with van der Waals surface area (Å²) in [5, 5.41) is 3.40. The Morgan fingerprint density at radius 3 is 3.00 bits per heavy atom. The number of carbonyl (C=O) groups is 1. The van der Waals surface area contributed by atoms with Crippen molar-refractivity contribution in [1.82, 2.24) is 10.3 Å². The largest absolute Gasteiger partial charge is 0.369 e. The minimum Gasteiger partial charge on any atom is -0.369 e. The Kier molecular flexibility index (Phi) is 4.94. The molecule has 5 heteroatoms. The van der Waals surface area contributed by atoms with Crippen LogP contribution in [0.1, 0.15) is 22.7 Å². The van der Waals surface area contributed by atoms with Crippen molar-refractivity contribution in [2.45, 2.75) is 24.9 Å². The third kappa shape index (κ3) is 3.23. The lowest BCUT2D eigenvalue weighted by Crippen LogP contribution is -2.38. The lowest BCUT2D eigenvalue weighted by Gasteiger charge is -2.18. The van der Waals surface area contributed by atoms with Gasteiger partial charge in [0.1, 0.15) is 0 Å². The van der Waals surface area contributed by atoms with Crippen LogP contribution in [0, 0.1) is 6.07 Å². The molecule has 2 atom stereocenters. The molecule has 1 aliphatic carbocycles. The summed E-state index contributed by atoms with van der Waals surface area (Å²) in [6.45, 7) is 0.632. The van der Waals surface area contributed by atoms with E-state index < -0.39 is 0 Å². The van der Waals surface area contributed by atoms with Crippen molar-refractivity contribution in [3.05, 3.63) is 65.5 Å². The summed E-state index contributed by atoms with van der Waals surface area (Å²) in [4.78, 5) is 16.0. The zero-order chi connectivity index (χ0) is 13.9. The van der Waals surface area contributed by atoms with Gasteiger partial charge in [-0.1, -0.05) is 24.3 Å². The molecule has 1 aromatic heterocycles. The van der Waals surface area contributed by atoms with Crippen molar-refractivity contribution in [3.63, 3.8) is 0 Å². The number of pyridine rings is 1. The average molecular weight is 303 g/mol. The molecule has 1 heterocycles. The van der Waals surface area contributed by atoms with Gasteiger partial charge in [0.2, 0.25) is 5.91 Å². The number of amides is 1. The highest BCUT2D eigenvalue weighted by atomic mass is 35.5. The van der Waals surface area contributed by atoms with Gasteiger partial charge in [-0.2, -0.15) is 0 Å². The molecule has 1 radical (unpaired) electrons. The first-order valence-electron chi connectivity index (χ1n) is 6.67. The Morgan fingerprint density at radius 2 is 2.29 bits per heavy atom. The summed E-state index contributed by atoms with van der Waals surface area (Å²) in [5.41, 5.74) is 8.69. The fourth-order valence-corrected chi connectivity index (χ4v) is 2.81. The van der Waals surface area contributed by atoms with E-state index in [1.54, 1.807) is 6.20 Å². The van der Waals surface area contributed by atoms with Gasteiger partial charge in [0, 0.05) is 18.8 Å². The van der Waals surface area contributed by atoms with E-state index in [0.717, 1.165) is 23.2 Å². The van der Waals surface area contributed by atoms with Gasteiger partial charge in [0.15, 0.2) is 0 Å². The number of fused-ring (bicyclic) bond motifs is 1. The van der Waals surface area contributed by atoms with Crippen LogP contribution >= 0.6 is 12.4 Å². The van der Waals surface area contributed by atoms with Crippen LogP contribution in [-0.2, 0) is 17.8 Å². The van der Waals surface area contributed by atoms with Gasteiger partial charge in [-0.3, -0.25) is 9.78 Å². The maximum absolute atomic E-state index is 11.7. The standard InChI is InChI=1S/C16H16N3O.ClH/c17-16(20)15-13-7-2-1-5-11(13)9-14(15)19-10-12-6-3-4-8-18-12;/h2-8,14-15,19H,9-10H2,(H2,17,20);1H. The van der Waals surface area contributed by atoms with Crippen LogP contribution in [0.5, 0.6) is 0 Å². The molecular weight excluding hydrogens is 286 g/mol. The predicted molar refractivity (Wildman–Crippen MR) is 83.0 cm³/mol. The van der Waals surface area contributed by atoms with Crippen molar-refractivity contribution in [2.24, 2.45) is 5.73 Å². The Balaban J connectivity index is 0.00000161. The zero-order valence-corrected chi connectivity index (χ0v) is 12.3. The van der Waals surface area contributed by atoms with Gasteiger partial charge >= 0.3 is 0 Å². The van der Waals surface area contributed by atoms with Crippen molar-refractivity contribution in [2.75, 3.05) is 0 Å². The molecule has 0 saturated carbocycles. The number of carbonyl (C=O) groups excluding carboxylic acids is 1. The number of nitrogens with zero attached hydrogens (tertiary/aromatic N) is 1. The average Bonchev–Trinajstić information content (AvgIpc) is 2.84. The Hall–Kier alpha value is -1.91. The van der Waals surface area contributed by atoms with Crippen LogP contribution in [0.15, 0.2) is 42.6 Å². The van der Waals surface area contributed by atoms with Gasteiger partial charge < -0.3 is 11.1 Å². The smallest absolute Gasteiger partial charge is 0.226 e. The van der Waals surface area contributed by atoms with Crippen LogP contribution in [0.25, 0.3) is 0 Å². The van der Waals surface area contributed by atoms with Crippen LogP contribution in [0.2, 0.25) is 0 Å². The molecule has 3 rings (SSSR count). The minimum atomic E-state index is -0.284. The number of halogens is 1. The Labute approximate surface area is 130 Å². The van der Waals surface area contributed by atoms with Crippen LogP contribution in [0.3, 0.4) is 0 Å². The van der Waals surface area contributed by atoms with E-state index in [0.29, 0.717) is 6.54 Å². The maximum Gasteiger partial charge on any atom is 0.226 e. The number of primary amides is 1. The van der Waals surface area contributed by atoms with E-state index in [1.165, 1.54) is 0 Å². The summed E-state index contributed by atoms with van der Waals surface area (Å²) in [6, 6.07) is 14.6. The lowest BCUT2D eigenvalue weighted by molar-refractivity contribution is -0.119. The summed E-state index contributed by atoms with van der Waals surface area (Å²) in [5.74, 6) is -0.559. The van der Waals surface area contributed by atoms with E-state index in [1.807, 2.05) is 36.4 Å². The Bertz CT molecular complexity index is 618. The normalized spacial score (nSPS) is 19.6. The molecule has 0 saturated heterocycles. The van der Waals surface area contributed by atoms with Gasteiger partial charge in [-0.25, -0.2) is 0 Å². The number of rotatable bonds is 4. The van der Waals surface area contributed by atoms with Crippen molar-refractivity contribution < 1.29 is 4.79 Å². The van der Waals surface area contributed by atoms with Gasteiger partial charge in [0.25, 0.3) is 0 Å². The molecule has 21 heavy (non-hydrogen) atoms. The molecule has 2 aromatic rings. The topological polar surface area (TPSA) is 68.0 Å². The summed E-state index contributed by atoms with van der Waals surface area (Å²) < 4.78 is 0. The van der Waals surface area contributed by atoms with E-state index in [9.17, 15) is 4.79 Å². The van der Waals surface area contributed by atoms with Crippen LogP contribution < -0.4 is 11.1 Å². The van der Waals surface area contributed by atoms with Crippen LogP contribution in [-0.4, -0.2) is 16.9 Å². The lowest BCUT2D eigenvalue weighted by atomic mass is 9.97. The van der Waals surface area contributed by atoms with E-state index in [4.69, 9.17) is 5.73 Å². The van der Waals surface area contributed by atoms with E-state index in [-0.39, 0.29) is 30.3 Å². The number of nitrogens with two attached hydrogens (primary N) is 1. The van der Waals surface area contributed by atoms with Crippen LogP contribution in [0.4, 0.5) is 0 Å². The van der Waals surface area contributed by atoms with E-state index >= 15 is 0 Å². The SMILES string of the molecule is Cl.NC(=O)C1c2cc[c]cc2CC1NCc1ccccn1. The molecular formula is C16H17ClN3O. The first kappa shape index (κ1) is 15.5. The first-order valence-corrected chi connectivity index (χ1v) is 6.67. The molecule has 0 bridgehead atoms. The van der Waals surface area contributed by atoms with Crippen molar-refractivity contribution >= 4 is 18.3 Å². The van der Waals surface area contributed by atoms with Gasteiger partial charge in [-0.15, -0.1) is 12.4 Å². The van der Waals surface area contributed by atoms with E-state index in [2.05, 4.69) is 16.4 Å².